The van der Waals surface area contributed by atoms with E-state index in [1.807, 2.05) is 24.3 Å². The van der Waals surface area contributed by atoms with E-state index in [4.69, 9.17) is 0 Å². The van der Waals surface area contributed by atoms with Crippen LogP contribution < -0.4 is 10.6 Å². The molecule has 0 radical (unpaired) electrons. The van der Waals surface area contributed by atoms with Crippen LogP contribution in [-0.4, -0.2) is 19.0 Å². The van der Waals surface area contributed by atoms with Crippen LogP contribution in [0.15, 0.2) is 24.3 Å². The first-order valence-electron chi connectivity index (χ1n) is 6.78. The van der Waals surface area contributed by atoms with Gasteiger partial charge in [0.1, 0.15) is 0 Å². The lowest BCUT2D eigenvalue weighted by Gasteiger charge is -2.23. The van der Waals surface area contributed by atoms with Crippen LogP contribution in [0.5, 0.6) is 0 Å². The molecule has 1 saturated carbocycles. The molecule has 1 heterocycles. The Balaban J connectivity index is 1.61. The van der Waals surface area contributed by atoms with Crippen LogP contribution >= 0.6 is 0 Å². The van der Waals surface area contributed by atoms with Gasteiger partial charge in [-0.3, -0.25) is 4.79 Å². The molecule has 1 atom stereocenters. The lowest BCUT2D eigenvalue weighted by atomic mass is 9.92. The molecule has 3 heteroatoms. The predicted octanol–water partition coefficient (Wildman–Crippen LogP) is 2.32. The molecule has 1 spiro atoms. The van der Waals surface area contributed by atoms with E-state index in [2.05, 4.69) is 17.6 Å². The second-order valence-corrected chi connectivity index (χ2v) is 5.72. The van der Waals surface area contributed by atoms with Crippen LogP contribution in [0.25, 0.3) is 0 Å². The number of hydrogen-bond donors (Lipinski definition) is 2. The fourth-order valence-corrected chi connectivity index (χ4v) is 3.06. The number of benzene rings is 1. The van der Waals surface area contributed by atoms with Gasteiger partial charge < -0.3 is 10.6 Å². The van der Waals surface area contributed by atoms with E-state index in [0.717, 1.165) is 38.0 Å². The molecule has 1 aromatic rings. The van der Waals surface area contributed by atoms with Crippen molar-refractivity contribution in [2.75, 3.05) is 18.4 Å². The topological polar surface area (TPSA) is 41.1 Å². The first-order valence-corrected chi connectivity index (χ1v) is 6.78. The molecule has 1 saturated heterocycles. The number of amides is 1. The fraction of sp³-hybridized carbons (Fsp3) is 0.533. The van der Waals surface area contributed by atoms with Crippen molar-refractivity contribution in [3.8, 4) is 0 Å². The van der Waals surface area contributed by atoms with Crippen molar-refractivity contribution in [3.05, 3.63) is 29.8 Å². The Hall–Kier alpha value is -1.35. The third-order valence-electron chi connectivity index (χ3n) is 4.42. The van der Waals surface area contributed by atoms with Crippen molar-refractivity contribution in [1.82, 2.24) is 5.32 Å². The molecule has 2 aliphatic rings. The highest BCUT2D eigenvalue weighted by Gasteiger charge is 2.57. The van der Waals surface area contributed by atoms with Gasteiger partial charge >= 0.3 is 0 Å². The molecule has 0 bridgehead atoms. The van der Waals surface area contributed by atoms with Crippen LogP contribution in [0.3, 0.4) is 0 Å². The summed E-state index contributed by atoms with van der Waals surface area (Å²) in [6.07, 6.45) is 3.38. The molecule has 1 aliphatic carbocycles. The van der Waals surface area contributed by atoms with E-state index in [0.29, 0.717) is 5.41 Å². The molecular formula is C15H20N2O. The number of hydrogen-bond acceptors (Lipinski definition) is 2. The number of anilines is 1. The minimum absolute atomic E-state index is 0.209. The van der Waals surface area contributed by atoms with Gasteiger partial charge in [-0.2, -0.15) is 0 Å². The summed E-state index contributed by atoms with van der Waals surface area (Å²) in [5.74, 6) is 0.446. The van der Waals surface area contributed by atoms with Crippen molar-refractivity contribution >= 4 is 11.6 Å². The lowest BCUT2D eigenvalue weighted by Crippen LogP contribution is -2.31. The van der Waals surface area contributed by atoms with Crippen LogP contribution in [0.1, 0.15) is 24.8 Å². The van der Waals surface area contributed by atoms with Crippen molar-refractivity contribution < 1.29 is 4.79 Å². The number of carbonyl (C=O) groups excluding carboxylic acids is 1. The van der Waals surface area contributed by atoms with Gasteiger partial charge in [0.05, 0.1) is 0 Å². The Morgan fingerprint density at radius 2 is 1.94 bits per heavy atom. The summed E-state index contributed by atoms with van der Waals surface area (Å²) in [6, 6.07) is 8.01. The summed E-state index contributed by atoms with van der Waals surface area (Å²) in [6.45, 7) is 4.18. The summed E-state index contributed by atoms with van der Waals surface area (Å²) in [5, 5.41) is 6.41. The van der Waals surface area contributed by atoms with E-state index >= 15 is 0 Å². The highest BCUT2D eigenvalue weighted by Crippen LogP contribution is 2.58. The molecule has 1 amide bonds. The van der Waals surface area contributed by atoms with E-state index in [9.17, 15) is 4.79 Å². The Bertz CT molecular complexity index is 446. The Kier molecular flexibility index (Phi) is 2.86. The Morgan fingerprint density at radius 3 is 2.61 bits per heavy atom. The van der Waals surface area contributed by atoms with E-state index in [1.54, 1.807) is 0 Å². The van der Waals surface area contributed by atoms with Gasteiger partial charge in [0.25, 0.3) is 0 Å². The molecule has 2 N–H and O–H groups in total. The quantitative estimate of drug-likeness (QED) is 0.838. The van der Waals surface area contributed by atoms with Crippen LogP contribution in [-0.2, 0) is 4.79 Å². The molecule has 2 fully saturated rings. The van der Waals surface area contributed by atoms with Crippen molar-refractivity contribution in [3.63, 3.8) is 0 Å². The maximum atomic E-state index is 12.2. The van der Waals surface area contributed by atoms with Crippen molar-refractivity contribution in [1.29, 1.82) is 0 Å². The summed E-state index contributed by atoms with van der Waals surface area (Å²) in [5.41, 5.74) is 2.45. The van der Waals surface area contributed by atoms with Gasteiger partial charge in [-0.15, -0.1) is 0 Å². The van der Waals surface area contributed by atoms with Crippen molar-refractivity contribution in [2.24, 2.45) is 11.3 Å². The molecule has 3 rings (SSSR count). The second-order valence-electron chi connectivity index (χ2n) is 5.72. The van der Waals surface area contributed by atoms with Gasteiger partial charge in [0.2, 0.25) is 5.91 Å². The van der Waals surface area contributed by atoms with Gasteiger partial charge in [0.15, 0.2) is 0 Å². The zero-order valence-corrected chi connectivity index (χ0v) is 10.8. The highest BCUT2D eigenvalue weighted by molar-refractivity contribution is 5.95. The van der Waals surface area contributed by atoms with E-state index < -0.39 is 0 Å². The molecule has 1 unspecified atom stereocenters. The Morgan fingerprint density at radius 1 is 1.28 bits per heavy atom. The third-order valence-corrected chi connectivity index (χ3v) is 4.42. The molecule has 1 aliphatic heterocycles. The standard InChI is InChI=1S/C15H20N2O/c1-11-2-4-12(5-3-11)17-14(18)13-10-15(13)6-8-16-9-7-15/h2-5,13,16H,6-10H2,1H3,(H,17,18). The van der Waals surface area contributed by atoms with E-state index in [1.165, 1.54) is 5.56 Å². The van der Waals surface area contributed by atoms with Gasteiger partial charge in [-0.1, -0.05) is 17.7 Å². The maximum absolute atomic E-state index is 12.2. The second kappa shape index (κ2) is 4.39. The first kappa shape index (κ1) is 11.7. The molecule has 0 aromatic heterocycles. The fourth-order valence-electron chi connectivity index (χ4n) is 3.06. The summed E-state index contributed by atoms with van der Waals surface area (Å²) in [4.78, 5) is 12.2. The summed E-state index contributed by atoms with van der Waals surface area (Å²) < 4.78 is 0. The normalized spacial score (nSPS) is 24.8. The number of piperidine rings is 1. The molecule has 1 aromatic carbocycles. The lowest BCUT2D eigenvalue weighted by molar-refractivity contribution is -0.118. The average Bonchev–Trinajstić information content (AvgIpc) is 3.07. The van der Waals surface area contributed by atoms with Gasteiger partial charge in [0, 0.05) is 11.6 Å². The molecule has 96 valence electrons. The predicted molar refractivity (Wildman–Crippen MR) is 72.5 cm³/mol. The van der Waals surface area contributed by atoms with Gasteiger partial charge in [-0.05, 0) is 56.8 Å². The zero-order valence-electron chi connectivity index (χ0n) is 10.8. The molecular weight excluding hydrogens is 224 g/mol. The highest BCUT2D eigenvalue weighted by atomic mass is 16.2. The minimum atomic E-state index is 0.209. The number of nitrogens with one attached hydrogen (secondary N) is 2. The van der Waals surface area contributed by atoms with E-state index in [-0.39, 0.29) is 11.8 Å². The summed E-state index contributed by atoms with van der Waals surface area (Å²) >= 11 is 0. The Labute approximate surface area is 108 Å². The number of aryl methyl sites for hydroxylation is 1. The van der Waals surface area contributed by atoms with Crippen molar-refractivity contribution in [2.45, 2.75) is 26.2 Å². The summed E-state index contributed by atoms with van der Waals surface area (Å²) in [7, 11) is 0. The molecule has 3 nitrogen and oxygen atoms in total. The first-order chi connectivity index (χ1) is 8.70. The average molecular weight is 244 g/mol. The van der Waals surface area contributed by atoms with Crippen LogP contribution in [0.2, 0.25) is 0 Å². The minimum Gasteiger partial charge on any atom is -0.326 e. The maximum Gasteiger partial charge on any atom is 0.228 e. The number of carbonyl (C=O) groups is 1. The monoisotopic (exact) mass is 244 g/mol. The van der Waals surface area contributed by atoms with Crippen LogP contribution in [0.4, 0.5) is 5.69 Å². The van der Waals surface area contributed by atoms with Gasteiger partial charge in [-0.25, -0.2) is 0 Å². The largest absolute Gasteiger partial charge is 0.326 e. The van der Waals surface area contributed by atoms with Crippen LogP contribution in [0, 0.1) is 18.3 Å². The smallest absolute Gasteiger partial charge is 0.228 e. The molecule has 18 heavy (non-hydrogen) atoms. The third kappa shape index (κ3) is 2.15. The number of rotatable bonds is 2. The SMILES string of the molecule is Cc1ccc(NC(=O)C2CC23CCNCC3)cc1. The zero-order chi connectivity index (χ0) is 12.6.